The summed E-state index contributed by atoms with van der Waals surface area (Å²) in [5, 5.41) is 10.1. The quantitative estimate of drug-likeness (QED) is 0.556. The van der Waals surface area contributed by atoms with Gasteiger partial charge in [-0.2, -0.15) is 0 Å². The van der Waals surface area contributed by atoms with E-state index in [1.165, 1.54) is 22.3 Å². The highest BCUT2D eigenvalue weighted by molar-refractivity contribution is 5.40. The van der Waals surface area contributed by atoms with Crippen molar-refractivity contribution in [3.63, 3.8) is 0 Å². The van der Waals surface area contributed by atoms with Crippen molar-refractivity contribution in [2.45, 2.75) is 39.2 Å². The van der Waals surface area contributed by atoms with Gasteiger partial charge in [-0.25, -0.2) is 0 Å². The van der Waals surface area contributed by atoms with Gasteiger partial charge in [0.15, 0.2) is 0 Å². The Bertz CT molecular complexity index is 894. The lowest BCUT2D eigenvalue weighted by atomic mass is 9.78. The standard InChI is InChI=1S/C26H30O3/c1-19-5-9-21(10-6-19)26(3,4)22-11-15-25(16-12-22)29-18-23(27)17-28-24-13-7-20(2)8-14-24/h5-16,23,27H,17-18H2,1-4H3. The molecule has 29 heavy (non-hydrogen) atoms. The van der Waals surface area contributed by atoms with Crippen LogP contribution in [0.2, 0.25) is 0 Å². The summed E-state index contributed by atoms with van der Waals surface area (Å²) < 4.78 is 11.3. The minimum absolute atomic E-state index is 0.0897. The third-order valence-electron chi connectivity index (χ3n) is 5.26. The second kappa shape index (κ2) is 9.15. The molecule has 0 spiro atoms. The Balaban J connectivity index is 1.53. The van der Waals surface area contributed by atoms with Crippen LogP contribution in [0.15, 0.2) is 72.8 Å². The van der Waals surface area contributed by atoms with Gasteiger partial charge in [0.05, 0.1) is 0 Å². The lowest BCUT2D eigenvalue weighted by Crippen LogP contribution is -2.25. The summed E-state index contributed by atoms with van der Waals surface area (Å²) in [4.78, 5) is 0. The molecule has 3 aromatic carbocycles. The molecule has 0 fully saturated rings. The van der Waals surface area contributed by atoms with Gasteiger partial charge in [-0.15, -0.1) is 0 Å². The van der Waals surface area contributed by atoms with Crippen LogP contribution in [0.1, 0.15) is 36.1 Å². The molecule has 0 aliphatic rings. The minimum atomic E-state index is -0.694. The summed E-state index contributed by atoms with van der Waals surface area (Å²) in [6.07, 6.45) is -0.694. The van der Waals surface area contributed by atoms with Crippen molar-refractivity contribution in [2.24, 2.45) is 0 Å². The SMILES string of the molecule is Cc1ccc(OCC(O)COc2ccc(C(C)(C)c3ccc(C)cc3)cc2)cc1. The molecule has 152 valence electrons. The van der Waals surface area contributed by atoms with Crippen LogP contribution in [0, 0.1) is 13.8 Å². The van der Waals surface area contributed by atoms with Crippen molar-refractivity contribution < 1.29 is 14.6 Å². The molecular formula is C26H30O3. The molecule has 1 atom stereocenters. The summed E-state index contributed by atoms with van der Waals surface area (Å²) in [6, 6.07) is 24.5. The Morgan fingerprint density at radius 2 is 1.00 bits per heavy atom. The van der Waals surface area contributed by atoms with E-state index in [-0.39, 0.29) is 18.6 Å². The second-order valence-electron chi connectivity index (χ2n) is 8.10. The fourth-order valence-electron chi connectivity index (χ4n) is 3.17. The first-order valence-electron chi connectivity index (χ1n) is 10.0. The summed E-state index contributed by atoms with van der Waals surface area (Å²) >= 11 is 0. The zero-order chi connectivity index (χ0) is 20.9. The van der Waals surface area contributed by atoms with Gasteiger partial charge in [-0.05, 0) is 49.2 Å². The number of hydrogen-bond acceptors (Lipinski definition) is 3. The monoisotopic (exact) mass is 390 g/mol. The number of benzene rings is 3. The highest BCUT2D eigenvalue weighted by Gasteiger charge is 2.22. The number of ether oxygens (including phenoxy) is 2. The van der Waals surface area contributed by atoms with Crippen molar-refractivity contribution >= 4 is 0 Å². The first-order chi connectivity index (χ1) is 13.8. The van der Waals surface area contributed by atoms with Crippen molar-refractivity contribution in [1.29, 1.82) is 0 Å². The van der Waals surface area contributed by atoms with Crippen LogP contribution in [-0.4, -0.2) is 24.4 Å². The molecule has 1 unspecified atom stereocenters. The molecule has 0 saturated heterocycles. The Morgan fingerprint density at radius 3 is 1.45 bits per heavy atom. The summed E-state index contributed by atoms with van der Waals surface area (Å²) in [6.45, 7) is 8.95. The van der Waals surface area contributed by atoms with Gasteiger partial charge in [-0.3, -0.25) is 0 Å². The maximum Gasteiger partial charge on any atom is 0.122 e. The third kappa shape index (κ3) is 5.61. The molecule has 0 heterocycles. The van der Waals surface area contributed by atoms with Crippen LogP contribution >= 0.6 is 0 Å². The first kappa shape index (κ1) is 20.9. The number of hydrogen-bond donors (Lipinski definition) is 1. The molecule has 1 N–H and O–H groups in total. The van der Waals surface area contributed by atoms with Gasteiger partial charge >= 0.3 is 0 Å². The summed E-state index contributed by atoms with van der Waals surface area (Å²) in [7, 11) is 0. The van der Waals surface area contributed by atoms with Crippen LogP contribution in [0.3, 0.4) is 0 Å². The molecule has 3 nitrogen and oxygen atoms in total. The van der Waals surface area contributed by atoms with E-state index in [2.05, 4.69) is 57.2 Å². The molecule has 0 amide bonds. The third-order valence-corrected chi connectivity index (χ3v) is 5.26. The summed E-state index contributed by atoms with van der Waals surface area (Å²) in [5.74, 6) is 1.49. The van der Waals surface area contributed by atoms with Gasteiger partial charge in [0.1, 0.15) is 30.8 Å². The van der Waals surface area contributed by atoms with E-state index in [4.69, 9.17) is 9.47 Å². The zero-order valence-corrected chi connectivity index (χ0v) is 17.7. The van der Waals surface area contributed by atoms with E-state index in [0.29, 0.717) is 0 Å². The van der Waals surface area contributed by atoms with Gasteiger partial charge in [0.2, 0.25) is 0 Å². The Morgan fingerprint density at radius 1 is 0.655 bits per heavy atom. The van der Waals surface area contributed by atoms with Crippen molar-refractivity contribution in [1.82, 2.24) is 0 Å². The number of aliphatic hydroxyl groups excluding tert-OH is 1. The number of aryl methyl sites for hydroxylation is 2. The largest absolute Gasteiger partial charge is 0.491 e. The Hall–Kier alpha value is -2.78. The molecule has 3 heteroatoms. The van der Waals surface area contributed by atoms with Crippen molar-refractivity contribution in [3.05, 3.63) is 95.1 Å². The van der Waals surface area contributed by atoms with E-state index in [9.17, 15) is 5.11 Å². The average molecular weight is 391 g/mol. The number of rotatable bonds is 8. The van der Waals surface area contributed by atoms with Gasteiger partial charge in [0, 0.05) is 5.41 Å². The molecule has 3 aromatic rings. The van der Waals surface area contributed by atoms with Crippen LogP contribution in [0.4, 0.5) is 0 Å². The van der Waals surface area contributed by atoms with Gasteiger partial charge in [-0.1, -0.05) is 73.5 Å². The smallest absolute Gasteiger partial charge is 0.122 e. The maximum absolute atomic E-state index is 10.1. The van der Waals surface area contributed by atoms with E-state index in [0.717, 1.165) is 11.5 Å². The molecule has 0 saturated carbocycles. The lowest BCUT2D eigenvalue weighted by molar-refractivity contribution is 0.0626. The molecule has 0 aliphatic carbocycles. The molecule has 0 radical (unpaired) electrons. The second-order valence-corrected chi connectivity index (χ2v) is 8.10. The topological polar surface area (TPSA) is 38.7 Å². The van der Waals surface area contributed by atoms with Crippen molar-refractivity contribution in [3.8, 4) is 11.5 Å². The highest BCUT2D eigenvalue weighted by Crippen LogP contribution is 2.32. The fraction of sp³-hybridized carbons (Fsp3) is 0.308. The van der Waals surface area contributed by atoms with Crippen LogP contribution < -0.4 is 9.47 Å². The Labute approximate surface area is 173 Å². The molecule has 0 aliphatic heterocycles. The maximum atomic E-state index is 10.1. The van der Waals surface area contributed by atoms with Crippen LogP contribution in [0.25, 0.3) is 0 Å². The molecular weight excluding hydrogens is 360 g/mol. The van der Waals surface area contributed by atoms with Crippen molar-refractivity contribution in [2.75, 3.05) is 13.2 Å². The number of aliphatic hydroxyl groups is 1. The van der Waals surface area contributed by atoms with Crippen LogP contribution in [0.5, 0.6) is 11.5 Å². The molecule has 3 rings (SSSR count). The van der Waals surface area contributed by atoms with Gasteiger partial charge in [0.25, 0.3) is 0 Å². The Kier molecular flexibility index (Phi) is 6.60. The predicted molar refractivity (Wildman–Crippen MR) is 118 cm³/mol. The highest BCUT2D eigenvalue weighted by atomic mass is 16.5. The van der Waals surface area contributed by atoms with E-state index < -0.39 is 6.10 Å². The normalized spacial score (nSPS) is 12.4. The van der Waals surface area contributed by atoms with E-state index in [1.807, 2.05) is 43.3 Å². The van der Waals surface area contributed by atoms with Crippen LogP contribution in [-0.2, 0) is 5.41 Å². The molecule has 0 aromatic heterocycles. The van der Waals surface area contributed by atoms with E-state index in [1.54, 1.807) is 0 Å². The molecule has 0 bridgehead atoms. The first-order valence-corrected chi connectivity index (χ1v) is 10.0. The van der Waals surface area contributed by atoms with E-state index >= 15 is 0 Å². The summed E-state index contributed by atoms with van der Waals surface area (Å²) in [5.41, 5.74) is 4.85. The van der Waals surface area contributed by atoms with Gasteiger partial charge < -0.3 is 14.6 Å². The minimum Gasteiger partial charge on any atom is -0.491 e. The zero-order valence-electron chi connectivity index (χ0n) is 17.7. The average Bonchev–Trinajstić information content (AvgIpc) is 2.72. The predicted octanol–water partition coefficient (Wildman–Crippen LogP) is 5.45. The lowest BCUT2D eigenvalue weighted by Gasteiger charge is -2.26. The fourth-order valence-corrected chi connectivity index (χ4v) is 3.17.